The fourth-order valence-electron chi connectivity index (χ4n) is 0.685. The Kier molecular flexibility index (Phi) is 6.50. The highest BCUT2D eigenvalue weighted by Crippen LogP contribution is 1.90. The average Bonchev–Trinajstić information content (AvgIpc) is 1.99. The van der Waals surface area contributed by atoms with Crippen molar-refractivity contribution in [2.45, 2.75) is 26.7 Å². The standard InChI is InChI=1S/C10H17N/c1-3-5-6-7-9-10(11)8-4-2/h5-9H,3-4,11H2,1-2H3/b6-5-,9-7-,10-8+. The molecular formula is C10H17N. The first-order valence-electron chi connectivity index (χ1n) is 4.10. The Morgan fingerprint density at radius 1 is 1.18 bits per heavy atom. The highest BCUT2D eigenvalue weighted by Gasteiger charge is 1.76. The number of nitrogens with two attached hydrogens (primary N) is 1. The van der Waals surface area contributed by atoms with Crippen LogP contribution in [0.1, 0.15) is 26.7 Å². The van der Waals surface area contributed by atoms with Gasteiger partial charge in [0.1, 0.15) is 0 Å². The van der Waals surface area contributed by atoms with Crippen molar-refractivity contribution >= 4 is 0 Å². The molecule has 0 aliphatic heterocycles. The minimum atomic E-state index is 0.841. The summed E-state index contributed by atoms with van der Waals surface area (Å²) in [6.45, 7) is 4.18. The Morgan fingerprint density at radius 2 is 1.91 bits per heavy atom. The second kappa shape index (κ2) is 7.13. The third-order valence-corrected chi connectivity index (χ3v) is 1.21. The molecule has 0 radical (unpaired) electrons. The lowest BCUT2D eigenvalue weighted by Crippen LogP contribution is -1.90. The Labute approximate surface area is 69.3 Å². The Hall–Kier alpha value is -0.980. The molecule has 0 aliphatic carbocycles. The zero-order valence-electron chi connectivity index (χ0n) is 7.38. The van der Waals surface area contributed by atoms with Gasteiger partial charge in [0, 0.05) is 5.70 Å². The normalized spacial score (nSPS) is 13.5. The van der Waals surface area contributed by atoms with E-state index in [4.69, 9.17) is 5.73 Å². The van der Waals surface area contributed by atoms with Gasteiger partial charge in [0.2, 0.25) is 0 Å². The molecule has 0 rings (SSSR count). The highest BCUT2D eigenvalue weighted by molar-refractivity contribution is 5.18. The summed E-state index contributed by atoms with van der Waals surface area (Å²) in [6, 6.07) is 0. The molecule has 2 N–H and O–H groups in total. The maximum absolute atomic E-state index is 5.61. The van der Waals surface area contributed by atoms with Crippen LogP contribution in [0.3, 0.4) is 0 Å². The van der Waals surface area contributed by atoms with Crippen molar-refractivity contribution in [2.75, 3.05) is 0 Å². The summed E-state index contributed by atoms with van der Waals surface area (Å²) < 4.78 is 0. The molecule has 1 heteroatoms. The maximum atomic E-state index is 5.61. The van der Waals surface area contributed by atoms with E-state index in [2.05, 4.69) is 19.9 Å². The molecule has 0 saturated carbocycles. The monoisotopic (exact) mass is 151 g/mol. The minimum Gasteiger partial charge on any atom is -0.399 e. The molecule has 0 saturated heterocycles. The van der Waals surface area contributed by atoms with E-state index in [9.17, 15) is 0 Å². The summed E-state index contributed by atoms with van der Waals surface area (Å²) in [5.41, 5.74) is 6.45. The van der Waals surface area contributed by atoms with Crippen LogP contribution < -0.4 is 5.73 Å². The Balaban J connectivity index is 3.73. The van der Waals surface area contributed by atoms with Gasteiger partial charge in [-0.15, -0.1) is 0 Å². The van der Waals surface area contributed by atoms with Gasteiger partial charge in [-0.25, -0.2) is 0 Å². The maximum Gasteiger partial charge on any atom is 0.0273 e. The van der Waals surface area contributed by atoms with E-state index in [-0.39, 0.29) is 0 Å². The van der Waals surface area contributed by atoms with E-state index in [0.29, 0.717) is 0 Å². The highest BCUT2D eigenvalue weighted by atomic mass is 14.5. The minimum absolute atomic E-state index is 0.841. The van der Waals surface area contributed by atoms with E-state index in [1.165, 1.54) is 0 Å². The van der Waals surface area contributed by atoms with Crippen molar-refractivity contribution in [3.8, 4) is 0 Å². The smallest absolute Gasteiger partial charge is 0.0273 e. The molecule has 1 nitrogen and oxygen atoms in total. The lowest BCUT2D eigenvalue weighted by Gasteiger charge is -1.87. The van der Waals surface area contributed by atoms with Crippen molar-refractivity contribution in [3.63, 3.8) is 0 Å². The lowest BCUT2D eigenvalue weighted by molar-refractivity contribution is 1.18. The predicted molar refractivity (Wildman–Crippen MR) is 51.1 cm³/mol. The van der Waals surface area contributed by atoms with Crippen molar-refractivity contribution in [1.29, 1.82) is 0 Å². The fourth-order valence-corrected chi connectivity index (χ4v) is 0.685. The second-order valence-electron chi connectivity index (χ2n) is 2.31. The van der Waals surface area contributed by atoms with Gasteiger partial charge in [0.05, 0.1) is 0 Å². The van der Waals surface area contributed by atoms with Crippen LogP contribution in [0.25, 0.3) is 0 Å². The van der Waals surface area contributed by atoms with Gasteiger partial charge >= 0.3 is 0 Å². The van der Waals surface area contributed by atoms with E-state index in [0.717, 1.165) is 18.5 Å². The van der Waals surface area contributed by atoms with Gasteiger partial charge in [-0.05, 0) is 18.9 Å². The fraction of sp³-hybridized carbons (Fsp3) is 0.400. The third-order valence-electron chi connectivity index (χ3n) is 1.21. The molecule has 11 heavy (non-hydrogen) atoms. The van der Waals surface area contributed by atoms with Gasteiger partial charge in [0.15, 0.2) is 0 Å². The summed E-state index contributed by atoms with van der Waals surface area (Å²) in [5, 5.41) is 0. The first-order chi connectivity index (χ1) is 5.31. The van der Waals surface area contributed by atoms with Gasteiger partial charge < -0.3 is 5.73 Å². The van der Waals surface area contributed by atoms with Crippen LogP contribution in [0.4, 0.5) is 0 Å². The number of hydrogen-bond acceptors (Lipinski definition) is 1. The zero-order valence-corrected chi connectivity index (χ0v) is 7.38. The zero-order chi connectivity index (χ0) is 8.53. The van der Waals surface area contributed by atoms with Gasteiger partial charge in [0.25, 0.3) is 0 Å². The van der Waals surface area contributed by atoms with Crippen LogP contribution in [0, 0.1) is 0 Å². The van der Waals surface area contributed by atoms with Crippen molar-refractivity contribution < 1.29 is 0 Å². The van der Waals surface area contributed by atoms with Gasteiger partial charge in [-0.1, -0.05) is 38.2 Å². The topological polar surface area (TPSA) is 26.0 Å². The lowest BCUT2D eigenvalue weighted by atomic mass is 10.3. The molecular weight excluding hydrogens is 134 g/mol. The Morgan fingerprint density at radius 3 is 2.45 bits per heavy atom. The predicted octanol–water partition coefficient (Wildman–Crippen LogP) is 2.76. The molecule has 0 bridgehead atoms. The summed E-state index contributed by atoms with van der Waals surface area (Å²) in [7, 11) is 0. The molecule has 62 valence electrons. The molecule has 0 aromatic heterocycles. The molecule has 0 fully saturated rings. The quantitative estimate of drug-likeness (QED) is 0.614. The van der Waals surface area contributed by atoms with E-state index in [1.807, 2.05) is 24.3 Å². The third kappa shape index (κ3) is 6.91. The molecule has 0 amide bonds. The SMILES string of the molecule is CC\C=C/C=C\C(N)=C/CC. The second-order valence-corrected chi connectivity index (χ2v) is 2.31. The molecule has 0 spiro atoms. The molecule has 0 aromatic rings. The molecule has 0 atom stereocenters. The average molecular weight is 151 g/mol. The number of allylic oxidation sites excluding steroid dienone is 5. The van der Waals surface area contributed by atoms with Crippen molar-refractivity contribution in [1.82, 2.24) is 0 Å². The van der Waals surface area contributed by atoms with Crippen LogP contribution >= 0.6 is 0 Å². The summed E-state index contributed by atoms with van der Waals surface area (Å²) in [4.78, 5) is 0. The Bertz CT molecular complexity index is 164. The first-order valence-corrected chi connectivity index (χ1v) is 4.10. The molecule has 0 aromatic carbocycles. The van der Waals surface area contributed by atoms with E-state index >= 15 is 0 Å². The van der Waals surface area contributed by atoms with Gasteiger partial charge in [-0.2, -0.15) is 0 Å². The van der Waals surface area contributed by atoms with Crippen LogP contribution in [-0.2, 0) is 0 Å². The van der Waals surface area contributed by atoms with Crippen LogP contribution in [0.2, 0.25) is 0 Å². The number of rotatable bonds is 4. The van der Waals surface area contributed by atoms with E-state index < -0.39 is 0 Å². The van der Waals surface area contributed by atoms with Gasteiger partial charge in [-0.3, -0.25) is 0 Å². The molecule has 0 unspecified atom stereocenters. The van der Waals surface area contributed by atoms with Crippen molar-refractivity contribution in [3.05, 3.63) is 36.1 Å². The van der Waals surface area contributed by atoms with Crippen molar-refractivity contribution in [2.24, 2.45) is 5.73 Å². The summed E-state index contributed by atoms with van der Waals surface area (Å²) in [5.74, 6) is 0. The molecule has 0 aliphatic rings. The molecule has 0 heterocycles. The summed E-state index contributed by atoms with van der Waals surface area (Å²) >= 11 is 0. The largest absolute Gasteiger partial charge is 0.399 e. The van der Waals surface area contributed by atoms with Crippen LogP contribution in [0.15, 0.2) is 36.1 Å². The first kappa shape index (κ1) is 10.0. The summed E-state index contributed by atoms with van der Waals surface area (Å²) in [6.07, 6.45) is 12.0. The van der Waals surface area contributed by atoms with Crippen LogP contribution in [-0.4, -0.2) is 0 Å². The number of hydrogen-bond donors (Lipinski definition) is 1. The van der Waals surface area contributed by atoms with Crippen LogP contribution in [0.5, 0.6) is 0 Å². The van der Waals surface area contributed by atoms with E-state index in [1.54, 1.807) is 0 Å².